The number of carbonyl (C=O) groups is 1. The summed E-state index contributed by atoms with van der Waals surface area (Å²) in [6.45, 7) is 0.242. The monoisotopic (exact) mass is 253 g/mol. The molecule has 2 aromatic heterocycles. The largest absolute Gasteiger partial charge is 0.456 e. The van der Waals surface area contributed by atoms with Crippen molar-refractivity contribution in [2.75, 3.05) is 0 Å². The van der Waals surface area contributed by atoms with Gasteiger partial charge in [0.15, 0.2) is 11.3 Å². The first-order valence-electron chi connectivity index (χ1n) is 5.84. The maximum Gasteiger partial charge on any atom is 0.357 e. The third-order valence-electron chi connectivity index (χ3n) is 2.68. The molecule has 0 unspecified atom stereocenters. The lowest BCUT2D eigenvalue weighted by Gasteiger charge is -2.04. The molecule has 0 atom stereocenters. The Morgan fingerprint density at radius 1 is 1.16 bits per heavy atom. The van der Waals surface area contributed by atoms with Crippen LogP contribution in [0.3, 0.4) is 0 Å². The Kier molecular flexibility index (Phi) is 2.94. The van der Waals surface area contributed by atoms with Gasteiger partial charge in [0.2, 0.25) is 0 Å². The van der Waals surface area contributed by atoms with Gasteiger partial charge in [-0.25, -0.2) is 14.3 Å². The standard InChI is InChI=1S/C14H11N3O2/c18-14(19-10-11-4-2-1-3-5-11)12-7-9-17-13(16-12)6-8-15-17/h1-9H,10H2. The van der Waals surface area contributed by atoms with E-state index in [9.17, 15) is 4.79 Å². The van der Waals surface area contributed by atoms with Crippen molar-refractivity contribution in [3.63, 3.8) is 0 Å². The number of nitrogens with zero attached hydrogens (tertiary/aromatic N) is 3. The van der Waals surface area contributed by atoms with Crippen molar-refractivity contribution < 1.29 is 9.53 Å². The quantitative estimate of drug-likeness (QED) is 0.671. The first-order valence-corrected chi connectivity index (χ1v) is 5.84. The molecule has 0 aliphatic heterocycles. The highest BCUT2D eigenvalue weighted by atomic mass is 16.5. The summed E-state index contributed by atoms with van der Waals surface area (Å²) in [5, 5.41) is 4.01. The average molecular weight is 253 g/mol. The highest BCUT2D eigenvalue weighted by Crippen LogP contribution is 2.06. The second-order valence-electron chi connectivity index (χ2n) is 4.01. The Morgan fingerprint density at radius 2 is 2.00 bits per heavy atom. The van der Waals surface area contributed by atoms with Crippen LogP contribution in [0, 0.1) is 0 Å². The highest BCUT2D eigenvalue weighted by Gasteiger charge is 2.10. The van der Waals surface area contributed by atoms with Crippen molar-refractivity contribution in [2.24, 2.45) is 0 Å². The van der Waals surface area contributed by atoms with Crippen molar-refractivity contribution in [3.8, 4) is 0 Å². The normalized spacial score (nSPS) is 10.5. The topological polar surface area (TPSA) is 56.5 Å². The minimum atomic E-state index is -0.437. The molecule has 0 radical (unpaired) electrons. The smallest absolute Gasteiger partial charge is 0.357 e. The molecular formula is C14H11N3O2. The maximum absolute atomic E-state index is 11.9. The fourth-order valence-electron chi connectivity index (χ4n) is 1.72. The van der Waals surface area contributed by atoms with E-state index in [0.717, 1.165) is 5.56 Å². The zero-order valence-electron chi connectivity index (χ0n) is 10.1. The number of fused-ring (bicyclic) bond motifs is 1. The molecule has 3 aromatic rings. The SMILES string of the molecule is O=C(OCc1ccccc1)c1ccn2nccc2n1. The fraction of sp³-hybridized carbons (Fsp3) is 0.0714. The van der Waals surface area contributed by atoms with E-state index in [1.165, 1.54) is 0 Å². The van der Waals surface area contributed by atoms with E-state index in [4.69, 9.17) is 4.74 Å². The number of benzene rings is 1. The van der Waals surface area contributed by atoms with Crippen LogP contribution in [0.5, 0.6) is 0 Å². The second kappa shape index (κ2) is 4.89. The Hall–Kier alpha value is -2.69. The van der Waals surface area contributed by atoms with E-state index in [1.54, 1.807) is 29.0 Å². The van der Waals surface area contributed by atoms with Gasteiger partial charge in [0.25, 0.3) is 0 Å². The van der Waals surface area contributed by atoms with Gasteiger partial charge in [-0.3, -0.25) is 0 Å². The lowest BCUT2D eigenvalue weighted by Crippen LogP contribution is -2.08. The Labute approximate surface area is 109 Å². The van der Waals surface area contributed by atoms with Crippen LogP contribution < -0.4 is 0 Å². The molecule has 3 rings (SSSR count). The minimum absolute atomic E-state index is 0.242. The minimum Gasteiger partial charge on any atom is -0.456 e. The molecule has 0 aliphatic carbocycles. The fourth-order valence-corrected chi connectivity index (χ4v) is 1.72. The summed E-state index contributed by atoms with van der Waals surface area (Å²) < 4.78 is 6.80. The number of esters is 1. The van der Waals surface area contributed by atoms with E-state index in [-0.39, 0.29) is 12.3 Å². The summed E-state index contributed by atoms with van der Waals surface area (Å²) in [5.41, 5.74) is 1.85. The molecule has 5 nitrogen and oxygen atoms in total. The molecule has 0 saturated carbocycles. The maximum atomic E-state index is 11.9. The third kappa shape index (κ3) is 2.44. The second-order valence-corrected chi connectivity index (χ2v) is 4.01. The van der Waals surface area contributed by atoms with Gasteiger partial charge in [0.05, 0.1) is 6.20 Å². The predicted molar refractivity (Wildman–Crippen MR) is 68.5 cm³/mol. The lowest BCUT2D eigenvalue weighted by molar-refractivity contribution is 0.0466. The molecule has 0 saturated heterocycles. The predicted octanol–water partition coefficient (Wildman–Crippen LogP) is 2.09. The number of carbonyl (C=O) groups excluding carboxylic acids is 1. The summed E-state index contributed by atoms with van der Waals surface area (Å²) >= 11 is 0. The number of aromatic nitrogens is 3. The molecule has 0 bridgehead atoms. The Morgan fingerprint density at radius 3 is 2.84 bits per heavy atom. The molecule has 1 aromatic carbocycles. The van der Waals surface area contributed by atoms with Crippen LogP contribution >= 0.6 is 0 Å². The van der Waals surface area contributed by atoms with Crippen LogP contribution in [0.15, 0.2) is 54.9 Å². The molecule has 0 N–H and O–H groups in total. The molecular weight excluding hydrogens is 242 g/mol. The van der Waals surface area contributed by atoms with Crippen molar-refractivity contribution in [1.82, 2.24) is 14.6 Å². The van der Waals surface area contributed by atoms with Gasteiger partial charge in [0, 0.05) is 12.3 Å². The van der Waals surface area contributed by atoms with E-state index in [2.05, 4.69) is 10.1 Å². The summed E-state index contributed by atoms with van der Waals surface area (Å²) in [4.78, 5) is 16.0. The van der Waals surface area contributed by atoms with Crippen LogP contribution in [0.2, 0.25) is 0 Å². The van der Waals surface area contributed by atoms with Crippen LogP contribution in [0.1, 0.15) is 16.1 Å². The summed E-state index contributed by atoms with van der Waals surface area (Å²) in [6, 6.07) is 12.9. The first-order chi connectivity index (χ1) is 9.33. The van der Waals surface area contributed by atoms with Crippen molar-refractivity contribution in [1.29, 1.82) is 0 Å². The van der Waals surface area contributed by atoms with Crippen LogP contribution in [-0.2, 0) is 11.3 Å². The lowest BCUT2D eigenvalue weighted by atomic mass is 10.2. The highest BCUT2D eigenvalue weighted by molar-refractivity contribution is 5.87. The van der Waals surface area contributed by atoms with Crippen LogP contribution in [0.4, 0.5) is 0 Å². The van der Waals surface area contributed by atoms with Crippen molar-refractivity contribution in [2.45, 2.75) is 6.61 Å². The van der Waals surface area contributed by atoms with E-state index < -0.39 is 5.97 Å². The average Bonchev–Trinajstić information content (AvgIpc) is 2.93. The van der Waals surface area contributed by atoms with Gasteiger partial charge in [-0.1, -0.05) is 30.3 Å². The molecule has 0 aliphatic rings. The summed E-state index contributed by atoms with van der Waals surface area (Å²) in [7, 11) is 0. The summed E-state index contributed by atoms with van der Waals surface area (Å²) in [6.07, 6.45) is 3.31. The first kappa shape index (κ1) is 11.4. The van der Waals surface area contributed by atoms with E-state index >= 15 is 0 Å². The zero-order valence-corrected chi connectivity index (χ0v) is 10.1. The number of rotatable bonds is 3. The van der Waals surface area contributed by atoms with Crippen molar-refractivity contribution >= 4 is 11.6 Å². The molecule has 0 spiro atoms. The van der Waals surface area contributed by atoms with Gasteiger partial charge in [-0.15, -0.1) is 0 Å². The molecule has 94 valence electrons. The van der Waals surface area contributed by atoms with Crippen LogP contribution in [-0.4, -0.2) is 20.6 Å². The van der Waals surface area contributed by atoms with Gasteiger partial charge in [-0.05, 0) is 11.6 Å². The van der Waals surface area contributed by atoms with Gasteiger partial charge in [0.1, 0.15) is 6.61 Å². The van der Waals surface area contributed by atoms with Gasteiger partial charge < -0.3 is 4.74 Å². The molecule has 5 heteroatoms. The number of hydrogen-bond donors (Lipinski definition) is 0. The Balaban J connectivity index is 1.73. The van der Waals surface area contributed by atoms with Gasteiger partial charge in [-0.2, -0.15) is 5.10 Å². The van der Waals surface area contributed by atoms with Crippen molar-refractivity contribution in [3.05, 3.63) is 66.1 Å². The van der Waals surface area contributed by atoms with E-state index in [1.807, 2.05) is 30.3 Å². The molecule has 2 heterocycles. The number of ether oxygens (including phenoxy) is 1. The summed E-state index contributed by atoms with van der Waals surface area (Å²) in [5.74, 6) is -0.437. The van der Waals surface area contributed by atoms with Gasteiger partial charge >= 0.3 is 5.97 Å². The van der Waals surface area contributed by atoms with E-state index in [0.29, 0.717) is 5.65 Å². The zero-order chi connectivity index (χ0) is 13.1. The number of hydrogen-bond acceptors (Lipinski definition) is 4. The molecule has 19 heavy (non-hydrogen) atoms. The molecule has 0 fully saturated rings. The van der Waals surface area contributed by atoms with Crippen LogP contribution in [0.25, 0.3) is 5.65 Å². The third-order valence-corrected chi connectivity index (χ3v) is 2.68. The Bertz CT molecular complexity index is 707. The molecule has 0 amide bonds.